The van der Waals surface area contributed by atoms with Gasteiger partial charge in [0.05, 0.1) is 11.5 Å². The third-order valence-corrected chi connectivity index (χ3v) is 5.76. The van der Waals surface area contributed by atoms with Gasteiger partial charge in [-0.15, -0.1) is 0 Å². The van der Waals surface area contributed by atoms with Crippen molar-refractivity contribution in [2.45, 2.75) is 17.9 Å². The van der Waals surface area contributed by atoms with E-state index in [1.54, 1.807) is 19.2 Å². The molecule has 1 aliphatic heterocycles. The number of nitrogens with two attached hydrogens (primary N) is 1. The maximum Gasteiger partial charge on any atom is 0.243 e. The molecule has 1 unspecified atom stereocenters. The van der Waals surface area contributed by atoms with Crippen LogP contribution in [0.5, 0.6) is 0 Å². The molecule has 0 radical (unpaired) electrons. The molecule has 1 atom stereocenters. The molecule has 2 N–H and O–H groups in total. The normalized spacial score (nSPS) is 20.4. The van der Waals surface area contributed by atoms with Crippen molar-refractivity contribution in [1.29, 1.82) is 0 Å². The van der Waals surface area contributed by atoms with Crippen molar-refractivity contribution in [3.8, 4) is 0 Å². The Bertz CT molecular complexity index is 577. The highest BCUT2D eigenvalue weighted by Crippen LogP contribution is 2.27. The smallest absolute Gasteiger partial charge is 0.243 e. The van der Waals surface area contributed by atoms with Crippen molar-refractivity contribution in [2.75, 3.05) is 26.8 Å². The number of methoxy groups -OCH3 is 1. The standard InChI is InChI=1S/C13H19ClN2O3S/c1-19-9-10-4-5-16(8-10)20(17,18)12-2-3-13(14)11(6-12)7-15/h2-3,6,10H,4-5,7-9,15H2,1H3. The van der Waals surface area contributed by atoms with E-state index in [-0.39, 0.29) is 17.4 Å². The Morgan fingerprint density at radius 2 is 2.25 bits per heavy atom. The molecule has 20 heavy (non-hydrogen) atoms. The molecule has 1 saturated heterocycles. The van der Waals surface area contributed by atoms with Crippen LogP contribution in [0.4, 0.5) is 0 Å². The van der Waals surface area contributed by atoms with Crippen molar-refractivity contribution in [1.82, 2.24) is 4.31 Å². The molecule has 0 aliphatic carbocycles. The highest BCUT2D eigenvalue weighted by molar-refractivity contribution is 7.89. The molecule has 1 aliphatic rings. The second-order valence-electron chi connectivity index (χ2n) is 4.93. The van der Waals surface area contributed by atoms with Crippen LogP contribution in [-0.2, 0) is 21.3 Å². The Morgan fingerprint density at radius 1 is 1.50 bits per heavy atom. The van der Waals surface area contributed by atoms with E-state index in [2.05, 4.69) is 0 Å². The number of sulfonamides is 1. The zero-order valence-corrected chi connectivity index (χ0v) is 13.0. The van der Waals surface area contributed by atoms with Crippen LogP contribution in [0.2, 0.25) is 5.02 Å². The zero-order valence-electron chi connectivity index (χ0n) is 11.4. The molecule has 0 saturated carbocycles. The predicted molar refractivity (Wildman–Crippen MR) is 78.1 cm³/mol. The van der Waals surface area contributed by atoms with Crippen molar-refractivity contribution >= 4 is 21.6 Å². The van der Waals surface area contributed by atoms with Crippen LogP contribution < -0.4 is 5.73 Å². The van der Waals surface area contributed by atoms with Crippen LogP contribution in [0.3, 0.4) is 0 Å². The molecule has 1 aromatic carbocycles. The van der Waals surface area contributed by atoms with Crippen molar-refractivity contribution in [3.63, 3.8) is 0 Å². The summed E-state index contributed by atoms with van der Waals surface area (Å²) in [7, 11) is -1.85. The summed E-state index contributed by atoms with van der Waals surface area (Å²) in [5.41, 5.74) is 6.21. The predicted octanol–water partition coefficient (Wildman–Crippen LogP) is 1.46. The molecule has 0 amide bonds. The fraction of sp³-hybridized carbons (Fsp3) is 0.538. The lowest BCUT2D eigenvalue weighted by Gasteiger charge is -2.17. The lowest BCUT2D eigenvalue weighted by molar-refractivity contribution is 0.157. The van der Waals surface area contributed by atoms with Crippen LogP contribution in [0, 0.1) is 5.92 Å². The highest BCUT2D eigenvalue weighted by Gasteiger charge is 2.32. The average Bonchev–Trinajstić information content (AvgIpc) is 2.89. The van der Waals surface area contributed by atoms with Gasteiger partial charge in [0.15, 0.2) is 0 Å². The molecule has 0 bridgehead atoms. The van der Waals surface area contributed by atoms with Crippen LogP contribution in [0.25, 0.3) is 0 Å². The number of hydrogen-bond acceptors (Lipinski definition) is 4. The minimum Gasteiger partial charge on any atom is -0.384 e. The summed E-state index contributed by atoms with van der Waals surface area (Å²) in [5.74, 6) is 0.260. The summed E-state index contributed by atoms with van der Waals surface area (Å²) in [6.45, 7) is 1.82. The van der Waals surface area contributed by atoms with Crippen LogP contribution in [0.1, 0.15) is 12.0 Å². The fourth-order valence-electron chi connectivity index (χ4n) is 2.40. The van der Waals surface area contributed by atoms with Gasteiger partial charge in [0.1, 0.15) is 0 Å². The Hall–Kier alpha value is -0.660. The highest BCUT2D eigenvalue weighted by atomic mass is 35.5. The van der Waals surface area contributed by atoms with E-state index >= 15 is 0 Å². The van der Waals surface area contributed by atoms with Gasteiger partial charge in [0, 0.05) is 31.8 Å². The first-order chi connectivity index (χ1) is 9.48. The van der Waals surface area contributed by atoms with E-state index in [1.807, 2.05) is 0 Å². The fourth-order valence-corrected chi connectivity index (χ4v) is 4.18. The SMILES string of the molecule is COCC1CCN(S(=O)(=O)c2ccc(Cl)c(CN)c2)C1. The first-order valence-electron chi connectivity index (χ1n) is 6.46. The molecule has 2 rings (SSSR count). The van der Waals surface area contributed by atoms with Gasteiger partial charge in [0.25, 0.3) is 0 Å². The number of hydrogen-bond donors (Lipinski definition) is 1. The summed E-state index contributed by atoms with van der Waals surface area (Å²) < 4.78 is 31.7. The van der Waals surface area contributed by atoms with Gasteiger partial charge in [-0.1, -0.05) is 11.6 Å². The van der Waals surface area contributed by atoms with Gasteiger partial charge in [-0.3, -0.25) is 0 Å². The van der Waals surface area contributed by atoms with Crippen molar-refractivity contribution in [3.05, 3.63) is 28.8 Å². The van der Waals surface area contributed by atoms with Crippen LogP contribution >= 0.6 is 11.6 Å². The second kappa shape index (κ2) is 6.41. The molecular weight excluding hydrogens is 300 g/mol. The minimum absolute atomic E-state index is 0.217. The Balaban J connectivity index is 2.23. The molecule has 7 heteroatoms. The monoisotopic (exact) mass is 318 g/mol. The van der Waals surface area contributed by atoms with Crippen LogP contribution in [-0.4, -0.2) is 39.5 Å². The van der Waals surface area contributed by atoms with E-state index in [9.17, 15) is 8.42 Å². The zero-order chi connectivity index (χ0) is 14.8. The summed E-state index contributed by atoms with van der Waals surface area (Å²) in [6.07, 6.45) is 0.824. The number of halogens is 1. The van der Waals surface area contributed by atoms with Crippen LogP contribution in [0.15, 0.2) is 23.1 Å². The number of benzene rings is 1. The van der Waals surface area contributed by atoms with E-state index in [1.165, 1.54) is 10.4 Å². The first-order valence-corrected chi connectivity index (χ1v) is 8.28. The van der Waals surface area contributed by atoms with E-state index in [0.717, 1.165) is 6.42 Å². The van der Waals surface area contributed by atoms with Gasteiger partial charge in [-0.05, 0) is 36.1 Å². The van der Waals surface area contributed by atoms with Gasteiger partial charge >= 0.3 is 0 Å². The van der Waals surface area contributed by atoms with Gasteiger partial charge in [-0.2, -0.15) is 4.31 Å². The Kier molecular flexibility index (Phi) is 5.04. The molecule has 1 aromatic rings. The van der Waals surface area contributed by atoms with Gasteiger partial charge in [0.2, 0.25) is 10.0 Å². The van der Waals surface area contributed by atoms with Gasteiger partial charge < -0.3 is 10.5 Å². The Morgan fingerprint density at radius 3 is 2.90 bits per heavy atom. The lowest BCUT2D eigenvalue weighted by atomic mass is 10.1. The van der Waals surface area contributed by atoms with E-state index in [0.29, 0.717) is 30.3 Å². The average molecular weight is 319 g/mol. The number of nitrogens with zero attached hydrogens (tertiary/aromatic N) is 1. The third-order valence-electron chi connectivity index (χ3n) is 3.53. The van der Waals surface area contributed by atoms with Crippen molar-refractivity contribution < 1.29 is 13.2 Å². The molecule has 1 fully saturated rings. The molecule has 112 valence electrons. The number of rotatable bonds is 5. The summed E-state index contributed by atoms with van der Waals surface area (Å²) in [5, 5.41) is 0.491. The second-order valence-corrected chi connectivity index (χ2v) is 7.28. The first kappa shape index (κ1) is 15.7. The lowest BCUT2D eigenvalue weighted by Crippen LogP contribution is -2.29. The van der Waals surface area contributed by atoms with Crippen molar-refractivity contribution in [2.24, 2.45) is 11.7 Å². The molecule has 0 spiro atoms. The topological polar surface area (TPSA) is 72.6 Å². The van der Waals surface area contributed by atoms with E-state index < -0.39 is 10.0 Å². The maximum atomic E-state index is 12.6. The Labute approximate surface area is 124 Å². The molecule has 1 heterocycles. The number of ether oxygens (including phenoxy) is 1. The maximum absolute atomic E-state index is 12.6. The van der Waals surface area contributed by atoms with Gasteiger partial charge in [-0.25, -0.2) is 8.42 Å². The minimum atomic E-state index is -3.48. The third kappa shape index (κ3) is 3.15. The largest absolute Gasteiger partial charge is 0.384 e. The van der Waals surface area contributed by atoms with E-state index in [4.69, 9.17) is 22.1 Å². The molecule has 0 aromatic heterocycles. The summed E-state index contributed by atoms with van der Waals surface area (Å²) in [6, 6.07) is 4.67. The molecular formula is C13H19ClN2O3S. The quantitative estimate of drug-likeness (QED) is 0.892. The summed E-state index contributed by atoms with van der Waals surface area (Å²) in [4.78, 5) is 0.250. The molecule has 5 nitrogen and oxygen atoms in total. The summed E-state index contributed by atoms with van der Waals surface area (Å²) >= 11 is 5.97.